The highest BCUT2D eigenvalue weighted by atomic mass is 16.5. The lowest BCUT2D eigenvalue weighted by Gasteiger charge is -2.06. The molecule has 0 fully saturated rings. The SMILES string of the molecule is Cn1c(N)nc2c(OCc3ccccc3)cccc21. The molecule has 3 aromatic rings. The molecule has 3 rings (SSSR count). The molecule has 0 bridgehead atoms. The van der Waals surface area contributed by atoms with Crippen molar-refractivity contribution in [1.29, 1.82) is 0 Å². The van der Waals surface area contributed by atoms with E-state index in [1.807, 2.05) is 60.1 Å². The van der Waals surface area contributed by atoms with Crippen LogP contribution in [0.2, 0.25) is 0 Å². The van der Waals surface area contributed by atoms with Crippen molar-refractivity contribution in [3.63, 3.8) is 0 Å². The highest BCUT2D eigenvalue weighted by molar-refractivity contribution is 5.84. The number of benzene rings is 2. The molecule has 96 valence electrons. The van der Waals surface area contributed by atoms with Crippen molar-refractivity contribution in [2.24, 2.45) is 7.05 Å². The van der Waals surface area contributed by atoms with Crippen molar-refractivity contribution in [3.8, 4) is 5.75 Å². The average Bonchev–Trinajstić information content (AvgIpc) is 2.74. The highest BCUT2D eigenvalue weighted by Gasteiger charge is 2.09. The molecule has 0 amide bonds. The molecule has 19 heavy (non-hydrogen) atoms. The average molecular weight is 253 g/mol. The van der Waals surface area contributed by atoms with Gasteiger partial charge in [-0.25, -0.2) is 4.98 Å². The van der Waals surface area contributed by atoms with E-state index in [1.54, 1.807) is 0 Å². The van der Waals surface area contributed by atoms with Crippen molar-refractivity contribution < 1.29 is 4.74 Å². The Bertz CT molecular complexity index is 704. The molecule has 0 aliphatic heterocycles. The Labute approximate surface area is 111 Å². The smallest absolute Gasteiger partial charge is 0.201 e. The minimum atomic E-state index is 0.491. The maximum Gasteiger partial charge on any atom is 0.201 e. The van der Waals surface area contributed by atoms with Crippen LogP contribution in [0.5, 0.6) is 5.75 Å². The van der Waals surface area contributed by atoms with E-state index in [4.69, 9.17) is 10.5 Å². The summed E-state index contributed by atoms with van der Waals surface area (Å²) < 4.78 is 7.69. The minimum Gasteiger partial charge on any atom is -0.487 e. The predicted molar refractivity (Wildman–Crippen MR) is 75.9 cm³/mol. The fourth-order valence-electron chi connectivity index (χ4n) is 2.06. The van der Waals surface area contributed by atoms with E-state index in [9.17, 15) is 0 Å². The lowest BCUT2D eigenvalue weighted by molar-refractivity contribution is 0.309. The van der Waals surface area contributed by atoms with Gasteiger partial charge in [-0.2, -0.15) is 0 Å². The Balaban J connectivity index is 1.91. The van der Waals surface area contributed by atoms with Crippen molar-refractivity contribution in [2.45, 2.75) is 6.61 Å². The number of imidazole rings is 1. The van der Waals surface area contributed by atoms with E-state index >= 15 is 0 Å². The summed E-state index contributed by atoms with van der Waals surface area (Å²) in [7, 11) is 1.89. The van der Waals surface area contributed by atoms with Gasteiger partial charge in [-0.3, -0.25) is 0 Å². The number of para-hydroxylation sites is 1. The number of nitrogens with two attached hydrogens (primary N) is 1. The standard InChI is InChI=1S/C15H15N3O/c1-18-12-8-5-9-13(14(12)17-15(18)16)19-10-11-6-3-2-4-7-11/h2-9H,10H2,1H3,(H2,16,17). The number of aryl methyl sites for hydroxylation is 1. The van der Waals surface area contributed by atoms with Gasteiger partial charge in [-0.05, 0) is 17.7 Å². The Hall–Kier alpha value is -2.49. The van der Waals surface area contributed by atoms with Crippen LogP contribution in [0.1, 0.15) is 5.56 Å². The molecule has 0 unspecified atom stereocenters. The third kappa shape index (κ3) is 2.12. The van der Waals surface area contributed by atoms with Gasteiger partial charge in [-0.1, -0.05) is 36.4 Å². The van der Waals surface area contributed by atoms with E-state index in [0.29, 0.717) is 12.6 Å². The molecule has 0 saturated heterocycles. The fraction of sp³-hybridized carbons (Fsp3) is 0.133. The molecule has 0 radical (unpaired) electrons. The first-order valence-electron chi connectivity index (χ1n) is 6.13. The van der Waals surface area contributed by atoms with Crippen LogP contribution in [-0.2, 0) is 13.7 Å². The summed E-state index contributed by atoms with van der Waals surface area (Å²) in [4.78, 5) is 4.34. The van der Waals surface area contributed by atoms with Crippen LogP contribution in [-0.4, -0.2) is 9.55 Å². The first-order chi connectivity index (χ1) is 9.25. The van der Waals surface area contributed by atoms with Crippen molar-refractivity contribution >= 4 is 17.0 Å². The number of nitrogen functional groups attached to an aromatic ring is 1. The number of anilines is 1. The minimum absolute atomic E-state index is 0.491. The number of fused-ring (bicyclic) bond motifs is 1. The molecule has 0 aliphatic rings. The van der Waals surface area contributed by atoms with Gasteiger partial charge in [-0.15, -0.1) is 0 Å². The highest BCUT2D eigenvalue weighted by Crippen LogP contribution is 2.26. The predicted octanol–water partition coefficient (Wildman–Crippen LogP) is 2.73. The zero-order valence-corrected chi connectivity index (χ0v) is 10.7. The van der Waals surface area contributed by atoms with Crippen molar-refractivity contribution in [3.05, 3.63) is 54.1 Å². The van der Waals surface area contributed by atoms with Crippen LogP contribution in [0.25, 0.3) is 11.0 Å². The molecule has 0 aliphatic carbocycles. The van der Waals surface area contributed by atoms with Crippen LogP contribution < -0.4 is 10.5 Å². The second-order valence-corrected chi connectivity index (χ2v) is 4.43. The van der Waals surface area contributed by atoms with E-state index in [-0.39, 0.29) is 0 Å². The molecule has 2 aromatic carbocycles. The van der Waals surface area contributed by atoms with E-state index in [1.165, 1.54) is 0 Å². The molecule has 1 aromatic heterocycles. The summed E-state index contributed by atoms with van der Waals surface area (Å²) in [6, 6.07) is 15.9. The van der Waals surface area contributed by atoms with Gasteiger partial charge in [0.2, 0.25) is 5.95 Å². The van der Waals surface area contributed by atoms with E-state index < -0.39 is 0 Å². The number of hydrogen-bond donors (Lipinski definition) is 1. The summed E-state index contributed by atoms with van der Waals surface area (Å²) in [5.74, 6) is 1.25. The number of nitrogens with zero attached hydrogens (tertiary/aromatic N) is 2. The summed E-state index contributed by atoms with van der Waals surface area (Å²) in [6.45, 7) is 0.524. The van der Waals surface area contributed by atoms with Gasteiger partial charge in [0, 0.05) is 7.05 Å². The maximum absolute atomic E-state index is 5.84. The fourth-order valence-corrected chi connectivity index (χ4v) is 2.06. The zero-order valence-electron chi connectivity index (χ0n) is 10.7. The molecule has 0 spiro atoms. The summed E-state index contributed by atoms with van der Waals surface area (Å²) in [6.07, 6.45) is 0. The Morgan fingerprint density at radius 3 is 2.68 bits per heavy atom. The number of ether oxygens (including phenoxy) is 1. The third-order valence-corrected chi connectivity index (χ3v) is 3.15. The molecule has 0 atom stereocenters. The van der Waals surface area contributed by atoms with Crippen molar-refractivity contribution in [1.82, 2.24) is 9.55 Å². The number of aromatic nitrogens is 2. The summed E-state index contributed by atoms with van der Waals surface area (Å²) in [5.41, 5.74) is 8.73. The lowest BCUT2D eigenvalue weighted by Crippen LogP contribution is -1.96. The maximum atomic E-state index is 5.84. The van der Waals surface area contributed by atoms with E-state index in [2.05, 4.69) is 4.98 Å². The van der Waals surface area contributed by atoms with Crippen molar-refractivity contribution in [2.75, 3.05) is 5.73 Å². The molecular weight excluding hydrogens is 238 g/mol. The largest absolute Gasteiger partial charge is 0.487 e. The second-order valence-electron chi connectivity index (χ2n) is 4.43. The quantitative estimate of drug-likeness (QED) is 0.780. The van der Waals surface area contributed by atoms with Crippen LogP contribution in [0.15, 0.2) is 48.5 Å². The Morgan fingerprint density at radius 1 is 1.11 bits per heavy atom. The van der Waals surface area contributed by atoms with Gasteiger partial charge in [0.15, 0.2) is 0 Å². The molecule has 4 nitrogen and oxygen atoms in total. The Morgan fingerprint density at radius 2 is 1.89 bits per heavy atom. The lowest BCUT2D eigenvalue weighted by atomic mass is 10.2. The first-order valence-corrected chi connectivity index (χ1v) is 6.13. The Kier molecular flexibility index (Phi) is 2.83. The van der Waals surface area contributed by atoms with Gasteiger partial charge < -0.3 is 15.0 Å². The van der Waals surface area contributed by atoms with Crippen LogP contribution in [0, 0.1) is 0 Å². The summed E-state index contributed by atoms with van der Waals surface area (Å²) >= 11 is 0. The topological polar surface area (TPSA) is 53.1 Å². The molecule has 0 saturated carbocycles. The molecule has 4 heteroatoms. The normalized spacial score (nSPS) is 10.8. The van der Waals surface area contributed by atoms with Gasteiger partial charge in [0.1, 0.15) is 17.9 Å². The van der Waals surface area contributed by atoms with Gasteiger partial charge in [0.25, 0.3) is 0 Å². The zero-order chi connectivity index (χ0) is 13.2. The van der Waals surface area contributed by atoms with Gasteiger partial charge in [0.05, 0.1) is 5.52 Å². The van der Waals surface area contributed by atoms with E-state index in [0.717, 1.165) is 22.3 Å². The molecule has 1 heterocycles. The van der Waals surface area contributed by atoms with Crippen LogP contribution >= 0.6 is 0 Å². The number of hydrogen-bond acceptors (Lipinski definition) is 3. The monoisotopic (exact) mass is 253 g/mol. The molecular formula is C15H15N3O. The second kappa shape index (κ2) is 4.65. The summed E-state index contributed by atoms with van der Waals surface area (Å²) in [5, 5.41) is 0. The first kappa shape index (κ1) is 11.6. The van der Waals surface area contributed by atoms with Gasteiger partial charge >= 0.3 is 0 Å². The van der Waals surface area contributed by atoms with Crippen LogP contribution in [0.3, 0.4) is 0 Å². The van der Waals surface area contributed by atoms with Crippen LogP contribution in [0.4, 0.5) is 5.95 Å². The number of rotatable bonds is 3. The third-order valence-electron chi connectivity index (χ3n) is 3.15. The molecule has 2 N–H and O–H groups in total.